The van der Waals surface area contributed by atoms with Gasteiger partial charge in [-0.25, -0.2) is 0 Å². The van der Waals surface area contributed by atoms with E-state index in [1.165, 1.54) is 5.56 Å². The first-order chi connectivity index (χ1) is 9.60. The first-order valence-corrected chi connectivity index (χ1v) is 6.87. The highest BCUT2D eigenvalue weighted by Gasteiger charge is 2.39. The topological polar surface area (TPSA) is 66.5 Å². The van der Waals surface area contributed by atoms with Crippen molar-refractivity contribution in [1.82, 2.24) is 5.32 Å². The highest BCUT2D eigenvalue weighted by atomic mass is 16.2. The maximum absolute atomic E-state index is 12.2. The van der Waals surface area contributed by atoms with Gasteiger partial charge in [0.2, 0.25) is 17.7 Å². The quantitative estimate of drug-likeness (QED) is 0.815. The average Bonchev–Trinajstić information content (AvgIpc) is 2.74. The van der Waals surface area contributed by atoms with E-state index in [1.807, 2.05) is 18.2 Å². The minimum absolute atomic E-state index is 0.0669. The van der Waals surface area contributed by atoms with Crippen LogP contribution in [0.4, 0.5) is 5.69 Å². The lowest BCUT2D eigenvalue weighted by Gasteiger charge is -2.30. The first kappa shape index (κ1) is 12.8. The van der Waals surface area contributed by atoms with Gasteiger partial charge in [-0.1, -0.05) is 19.1 Å². The van der Waals surface area contributed by atoms with Gasteiger partial charge in [0.1, 0.15) is 6.04 Å². The molecule has 5 heteroatoms. The van der Waals surface area contributed by atoms with Gasteiger partial charge in [0.15, 0.2) is 0 Å². The summed E-state index contributed by atoms with van der Waals surface area (Å²) in [5, 5.41) is 2.31. The van der Waals surface area contributed by atoms with Crippen molar-refractivity contribution in [3.05, 3.63) is 29.3 Å². The molecule has 3 amide bonds. The van der Waals surface area contributed by atoms with E-state index in [-0.39, 0.29) is 24.1 Å². The molecular formula is C15H16N2O3. The van der Waals surface area contributed by atoms with Crippen molar-refractivity contribution in [3.63, 3.8) is 0 Å². The van der Waals surface area contributed by atoms with Crippen LogP contribution in [0.2, 0.25) is 0 Å². The zero-order valence-electron chi connectivity index (χ0n) is 11.3. The van der Waals surface area contributed by atoms with E-state index in [0.29, 0.717) is 12.8 Å². The van der Waals surface area contributed by atoms with Gasteiger partial charge in [0.25, 0.3) is 0 Å². The number of hydrogen-bond acceptors (Lipinski definition) is 3. The van der Waals surface area contributed by atoms with Crippen molar-refractivity contribution in [2.75, 3.05) is 4.90 Å². The minimum atomic E-state index is -0.561. The van der Waals surface area contributed by atoms with Gasteiger partial charge < -0.3 is 0 Å². The molecule has 0 saturated carbocycles. The number of anilines is 1. The largest absolute Gasteiger partial charge is 0.299 e. The Bertz CT molecular complexity index is 609. The van der Waals surface area contributed by atoms with E-state index in [4.69, 9.17) is 0 Å². The molecule has 1 unspecified atom stereocenters. The lowest BCUT2D eigenvalue weighted by Crippen LogP contribution is -2.53. The van der Waals surface area contributed by atoms with Crippen LogP contribution in [0.1, 0.15) is 30.9 Å². The number of fused-ring (bicyclic) bond motifs is 1. The molecule has 3 rings (SSSR count). The second-order valence-corrected chi connectivity index (χ2v) is 5.22. The fourth-order valence-corrected chi connectivity index (χ4v) is 2.89. The molecule has 1 aromatic rings. The van der Waals surface area contributed by atoms with Crippen LogP contribution in [0.15, 0.2) is 18.2 Å². The maximum Gasteiger partial charge on any atom is 0.249 e. The fourth-order valence-electron chi connectivity index (χ4n) is 2.89. The van der Waals surface area contributed by atoms with Crippen LogP contribution in [-0.2, 0) is 27.2 Å². The molecule has 1 aromatic carbocycles. The molecule has 0 spiro atoms. The highest BCUT2D eigenvalue weighted by Crippen LogP contribution is 2.33. The van der Waals surface area contributed by atoms with Crippen LogP contribution in [0.3, 0.4) is 0 Å². The average molecular weight is 272 g/mol. The van der Waals surface area contributed by atoms with E-state index in [9.17, 15) is 14.4 Å². The summed E-state index contributed by atoms with van der Waals surface area (Å²) in [4.78, 5) is 36.9. The van der Waals surface area contributed by atoms with E-state index < -0.39 is 6.04 Å². The Kier molecular flexibility index (Phi) is 3.04. The number of amides is 3. The molecule has 1 fully saturated rings. The van der Waals surface area contributed by atoms with Crippen LogP contribution in [0, 0.1) is 0 Å². The number of imide groups is 1. The van der Waals surface area contributed by atoms with Gasteiger partial charge in [0, 0.05) is 12.1 Å². The Hall–Kier alpha value is -2.17. The number of piperidine rings is 1. The lowest BCUT2D eigenvalue weighted by molar-refractivity contribution is -0.135. The van der Waals surface area contributed by atoms with E-state index in [1.54, 1.807) is 4.90 Å². The Labute approximate surface area is 116 Å². The molecule has 0 radical (unpaired) electrons. The lowest BCUT2D eigenvalue weighted by atomic mass is 10.0. The predicted molar refractivity (Wildman–Crippen MR) is 73.2 cm³/mol. The fraction of sp³-hybridized carbons (Fsp3) is 0.400. The number of carbonyl (C=O) groups is 3. The van der Waals surface area contributed by atoms with Gasteiger partial charge >= 0.3 is 0 Å². The molecule has 2 aliphatic rings. The van der Waals surface area contributed by atoms with E-state index >= 15 is 0 Å². The summed E-state index contributed by atoms with van der Waals surface area (Å²) in [7, 11) is 0. The number of nitrogens with one attached hydrogen (secondary N) is 1. The molecule has 0 aromatic heterocycles. The molecule has 1 atom stereocenters. The maximum atomic E-state index is 12.2. The molecule has 20 heavy (non-hydrogen) atoms. The van der Waals surface area contributed by atoms with Crippen LogP contribution in [0.25, 0.3) is 0 Å². The third-order valence-corrected chi connectivity index (χ3v) is 3.94. The Balaban J connectivity index is 1.94. The van der Waals surface area contributed by atoms with Gasteiger partial charge in [-0.05, 0) is 30.0 Å². The van der Waals surface area contributed by atoms with Crippen molar-refractivity contribution in [1.29, 1.82) is 0 Å². The normalized spacial score (nSPS) is 21.9. The Morgan fingerprint density at radius 3 is 2.80 bits per heavy atom. The van der Waals surface area contributed by atoms with E-state index in [0.717, 1.165) is 17.7 Å². The third-order valence-electron chi connectivity index (χ3n) is 3.94. The van der Waals surface area contributed by atoms with Crippen molar-refractivity contribution < 1.29 is 14.4 Å². The zero-order chi connectivity index (χ0) is 14.3. The zero-order valence-corrected chi connectivity index (χ0v) is 11.3. The van der Waals surface area contributed by atoms with Crippen LogP contribution in [0.5, 0.6) is 0 Å². The molecule has 0 aliphatic carbocycles. The minimum Gasteiger partial charge on any atom is -0.299 e. The van der Waals surface area contributed by atoms with Crippen LogP contribution < -0.4 is 10.2 Å². The number of hydrogen-bond donors (Lipinski definition) is 1. The summed E-state index contributed by atoms with van der Waals surface area (Å²) in [6.45, 7) is 2.07. The molecule has 1 N–H and O–H groups in total. The molecule has 2 aliphatic heterocycles. The molecule has 1 saturated heterocycles. The monoisotopic (exact) mass is 272 g/mol. The molecule has 0 bridgehead atoms. The van der Waals surface area contributed by atoms with E-state index in [2.05, 4.69) is 12.2 Å². The molecule has 5 nitrogen and oxygen atoms in total. The standard InChI is InChI=1S/C15H16N2O3/c1-2-9-3-4-11-10(7-9)8-14(19)17(11)12-5-6-13(18)16-15(12)20/h3-4,7,12H,2,5-6,8H2,1H3,(H,16,18,20). The molecular weight excluding hydrogens is 256 g/mol. The van der Waals surface area contributed by atoms with Crippen molar-refractivity contribution >= 4 is 23.4 Å². The number of benzene rings is 1. The number of aryl methyl sites for hydroxylation is 1. The van der Waals surface area contributed by atoms with Gasteiger partial charge in [-0.3, -0.25) is 24.6 Å². The molecule has 104 valence electrons. The summed E-state index contributed by atoms with van der Waals surface area (Å²) in [5.41, 5.74) is 2.96. The van der Waals surface area contributed by atoms with Gasteiger partial charge in [-0.15, -0.1) is 0 Å². The molecule has 2 heterocycles. The summed E-state index contributed by atoms with van der Waals surface area (Å²) >= 11 is 0. The van der Waals surface area contributed by atoms with Crippen molar-refractivity contribution in [3.8, 4) is 0 Å². The van der Waals surface area contributed by atoms with Gasteiger partial charge in [-0.2, -0.15) is 0 Å². The number of nitrogens with zero attached hydrogens (tertiary/aromatic N) is 1. The van der Waals surface area contributed by atoms with Gasteiger partial charge in [0.05, 0.1) is 6.42 Å². The predicted octanol–water partition coefficient (Wildman–Crippen LogP) is 0.943. The Morgan fingerprint density at radius 1 is 1.30 bits per heavy atom. The third kappa shape index (κ3) is 1.99. The van der Waals surface area contributed by atoms with Crippen LogP contribution in [-0.4, -0.2) is 23.8 Å². The van der Waals surface area contributed by atoms with Crippen molar-refractivity contribution in [2.45, 2.75) is 38.6 Å². The second kappa shape index (κ2) is 4.74. The smallest absolute Gasteiger partial charge is 0.249 e. The second-order valence-electron chi connectivity index (χ2n) is 5.22. The summed E-state index contributed by atoms with van der Waals surface area (Å²) in [6.07, 6.45) is 1.93. The summed E-state index contributed by atoms with van der Waals surface area (Å²) in [6, 6.07) is 5.35. The van der Waals surface area contributed by atoms with Crippen molar-refractivity contribution in [2.24, 2.45) is 0 Å². The highest BCUT2D eigenvalue weighted by molar-refractivity contribution is 6.10. The summed E-state index contributed by atoms with van der Waals surface area (Å²) < 4.78 is 0. The number of carbonyl (C=O) groups excluding carboxylic acids is 3. The first-order valence-electron chi connectivity index (χ1n) is 6.87. The summed E-state index contributed by atoms with van der Waals surface area (Å²) in [5.74, 6) is -0.704. The SMILES string of the molecule is CCc1ccc2c(c1)CC(=O)N2C1CCC(=O)NC1=O. The Morgan fingerprint density at radius 2 is 2.10 bits per heavy atom. The number of rotatable bonds is 2. The van der Waals surface area contributed by atoms with Crippen LogP contribution >= 0.6 is 0 Å².